The highest BCUT2D eigenvalue weighted by molar-refractivity contribution is 5.93. The number of carbonyl (C=O) groups is 1. The van der Waals surface area contributed by atoms with E-state index in [-0.39, 0.29) is 0 Å². The lowest BCUT2D eigenvalue weighted by atomic mass is 9.80. The number of nitrogens with two attached hydrogens (primary N) is 1. The molecule has 1 aromatic heterocycles. The quantitative estimate of drug-likeness (QED) is 0.772. The Morgan fingerprint density at radius 1 is 1.22 bits per heavy atom. The Morgan fingerprint density at radius 2 is 2.04 bits per heavy atom. The van der Waals surface area contributed by atoms with Gasteiger partial charge < -0.3 is 10.6 Å². The lowest BCUT2D eigenvalue weighted by Crippen LogP contribution is -2.44. The lowest BCUT2D eigenvalue weighted by molar-refractivity contribution is 0.1000. The van der Waals surface area contributed by atoms with Crippen molar-refractivity contribution in [1.29, 1.82) is 0 Å². The van der Waals surface area contributed by atoms with Crippen LogP contribution in [-0.4, -0.2) is 36.6 Å². The minimum Gasteiger partial charge on any atom is -0.366 e. The van der Waals surface area contributed by atoms with Gasteiger partial charge in [-0.15, -0.1) is 0 Å². The molecule has 4 rings (SSSR count). The second-order valence-electron chi connectivity index (χ2n) is 7.66. The van der Waals surface area contributed by atoms with Gasteiger partial charge in [0.2, 0.25) is 5.91 Å². The van der Waals surface area contributed by atoms with Gasteiger partial charge in [-0.2, -0.15) is 0 Å². The molecule has 2 aliphatic heterocycles. The molecule has 2 unspecified atom stereocenters. The highest BCUT2D eigenvalue weighted by atomic mass is 16.1. The zero-order valence-corrected chi connectivity index (χ0v) is 15.7. The molecule has 2 aliphatic rings. The number of piperidine rings is 1. The first-order valence-corrected chi connectivity index (χ1v) is 9.67. The normalized spacial score (nSPS) is 23.5. The third-order valence-corrected chi connectivity index (χ3v) is 5.90. The Kier molecular flexibility index (Phi) is 5.09. The second kappa shape index (κ2) is 7.66. The number of pyridine rings is 1. The first kappa shape index (κ1) is 17.9. The zero-order chi connectivity index (χ0) is 18.8. The molecule has 0 bridgehead atoms. The van der Waals surface area contributed by atoms with Crippen LogP contribution >= 0.6 is 0 Å². The molecular weight excluding hydrogens is 338 g/mol. The van der Waals surface area contributed by atoms with Gasteiger partial charge in [-0.3, -0.25) is 15.6 Å². The summed E-state index contributed by atoms with van der Waals surface area (Å²) in [6.07, 6.45) is 3.87. The van der Waals surface area contributed by atoms with Gasteiger partial charge in [0, 0.05) is 43.4 Å². The molecule has 0 spiro atoms. The molecule has 1 aromatic carbocycles. The van der Waals surface area contributed by atoms with Crippen LogP contribution in [0, 0.1) is 12.8 Å². The van der Waals surface area contributed by atoms with E-state index in [0.29, 0.717) is 23.4 Å². The number of primary amides is 1. The fourth-order valence-electron chi connectivity index (χ4n) is 4.42. The van der Waals surface area contributed by atoms with Crippen LogP contribution in [0.15, 0.2) is 42.6 Å². The summed E-state index contributed by atoms with van der Waals surface area (Å²) in [5.74, 6) is 1.55. The SMILES string of the molecule is Cc1cccc(C2CNNC2C2CCN(c3cc(C(N)=O)ccn3)CC2)c1. The van der Waals surface area contributed by atoms with Gasteiger partial charge in [0.25, 0.3) is 0 Å². The topological polar surface area (TPSA) is 83.3 Å². The predicted molar refractivity (Wildman–Crippen MR) is 107 cm³/mol. The van der Waals surface area contributed by atoms with E-state index in [1.807, 2.05) is 0 Å². The second-order valence-corrected chi connectivity index (χ2v) is 7.66. The molecule has 3 heterocycles. The Bertz CT molecular complexity index is 816. The van der Waals surface area contributed by atoms with Crippen LogP contribution in [0.3, 0.4) is 0 Å². The largest absolute Gasteiger partial charge is 0.366 e. The summed E-state index contributed by atoms with van der Waals surface area (Å²) in [4.78, 5) is 18.1. The Labute approximate surface area is 160 Å². The number of benzene rings is 1. The third-order valence-electron chi connectivity index (χ3n) is 5.90. The van der Waals surface area contributed by atoms with E-state index in [2.05, 4.69) is 51.9 Å². The molecule has 4 N–H and O–H groups in total. The maximum atomic E-state index is 11.4. The number of hydrazine groups is 1. The maximum absolute atomic E-state index is 11.4. The molecule has 2 aromatic rings. The number of nitrogens with one attached hydrogen (secondary N) is 2. The van der Waals surface area contributed by atoms with Gasteiger partial charge in [0.1, 0.15) is 5.82 Å². The minimum atomic E-state index is -0.407. The Morgan fingerprint density at radius 3 is 2.78 bits per heavy atom. The maximum Gasteiger partial charge on any atom is 0.248 e. The molecule has 6 nitrogen and oxygen atoms in total. The molecule has 0 aliphatic carbocycles. The van der Waals surface area contributed by atoms with E-state index in [1.165, 1.54) is 11.1 Å². The zero-order valence-electron chi connectivity index (χ0n) is 15.7. The number of nitrogens with zero attached hydrogens (tertiary/aromatic N) is 2. The number of aryl methyl sites for hydroxylation is 1. The van der Waals surface area contributed by atoms with Gasteiger partial charge in [0.05, 0.1) is 0 Å². The summed E-state index contributed by atoms with van der Waals surface area (Å²) in [5.41, 5.74) is 15.5. The molecule has 0 saturated carbocycles. The van der Waals surface area contributed by atoms with Gasteiger partial charge in [-0.05, 0) is 43.4 Å². The molecular formula is C21H27N5O. The van der Waals surface area contributed by atoms with Crippen LogP contribution < -0.4 is 21.5 Å². The molecule has 142 valence electrons. The predicted octanol–water partition coefficient (Wildman–Crippen LogP) is 1.97. The summed E-state index contributed by atoms with van der Waals surface area (Å²) in [5, 5.41) is 0. The van der Waals surface area contributed by atoms with Crippen molar-refractivity contribution in [3.63, 3.8) is 0 Å². The van der Waals surface area contributed by atoms with E-state index in [9.17, 15) is 4.79 Å². The van der Waals surface area contributed by atoms with Crippen LogP contribution in [-0.2, 0) is 0 Å². The number of aromatic nitrogens is 1. The Balaban J connectivity index is 1.43. The van der Waals surface area contributed by atoms with Crippen molar-refractivity contribution >= 4 is 11.7 Å². The van der Waals surface area contributed by atoms with E-state index >= 15 is 0 Å². The smallest absolute Gasteiger partial charge is 0.248 e. The molecule has 6 heteroatoms. The van der Waals surface area contributed by atoms with Crippen molar-refractivity contribution in [3.8, 4) is 0 Å². The number of rotatable bonds is 4. The summed E-state index contributed by atoms with van der Waals surface area (Å²) < 4.78 is 0. The number of amides is 1. The van der Waals surface area contributed by atoms with Crippen LogP contribution in [0.1, 0.15) is 40.2 Å². The van der Waals surface area contributed by atoms with Crippen molar-refractivity contribution in [2.75, 3.05) is 24.5 Å². The average molecular weight is 365 g/mol. The summed E-state index contributed by atoms with van der Waals surface area (Å²) >= 11 is 0. The fourth-order valence-corrected chi connectivity index (χ4v) is 4.42. The number of anilines is 1. The van der Waals surface area contributed by atoms with Crippen molar-refractivity contribution in [3.05, 3.63) is 59.3 Å². The standard InChI is InChI=1S/C21H27N5O/c1-14-3-2-4-16(11-14)18-13-24-25-20(18)15-6-9-26(10-7-15)19-12-17(21(22)27)5-8-23-19/h2-5,8,11-12,15,18,20,24-25H,6-7,9-10,13H2,1H3,(H2,22,27). The number of hydrogen-bond donors (Lipinski definition) is 3. The van der Waals surface area contributed by atoms with E-state index < -0.39 is 5.91 Å². The van der Waals surface area contributed by atoms with Crippen molar-refractivity contribution in [2.45, 2.75) is 31.7 Å². The van der Waals surface area contributed by atoms with Gasteiger partial charge in [-0.25, -0.2) is 4.98 Å². The minimum absolute atomic E-state index is 0.407. The van der Waals surface area contributed by atoms with Crippen LogP contribution in [0.2, 0.25) is 0 Å². The molecule has 1 amide bonds. The fraction of sp³-hybridized carbons (Fsp3) is 0.429. The average Bonchev–Trinajstić information content (AvgIpc) is 3.18. The molecule has 27 heavy (non-hydrogen) atoms. The van der Waals surface area contributed by atoms with Gasteiger partial charge in [0.15, 0.2) is 0 Å². The number of carbonyl (C=O) groups excluding carboxylic acids is 1. The van der Waals surface area contributed by atoms with E-state index in [0.717, 1.165) is 38.3 Å². The van der Waals surface area contributed by atoms with E-state index in [4.69, 9.17) is 5.73 Å². The molecule has 2 saturated heterocycles. The molecule has 0 radical (unpaired) electrons. The summed E-state index contributed by atoms with van der Waals surface area (Å²) in [6, 6.07) is 12.8. The molecule has 2 atom stereocenters. The van der Waals surface area contributed by atoms with Gasteiger partial charge in [-0.1, -0.05) is 29.8 Å². The summed E-state index contributed by atoms with van der Waals surface area (Å²) in [7, 11) is 0. The van der Waals surface area contributed by atoms with Crippen LogP contribution in [0.4, 0.5) is 5.82 Å². The monoisotopic (exact) mass is 365 g/mol. The van der Waals surface area contributed by atoms with Crippen LogP contribution in [0.5, 0.6) is 0 Å². The lowest BCUT2D eigenvalue weighted by Gasteiger charge is -2.37. The van der Waals surface area contributed by atoms with E-state index in [1.54, 1.807) is 18.3 Å². The first-order chi connectivity index (χ1) is 13.1. The third kappa shape index (κ3) is 3.82. The number of hydrogen-bond acceptors (Lipinski definition) is 5. The highest BCUT2D eigenvalue weighted by Crippen LogP contribution is 2.33. The highest BCUT2D eigenvalue weighted by Gasteiger charge is 2.36. The van der Waals surface area contributed by atoms with Gasteiger partial charge >= 0.3 is 0 Å². The van der Waals surface area contributed by atoms with Crippen molar-refractivity contribution in [2.24, 2.45) is 11.7 Å². The summed E-state index contributed by atoms with van der Waals surface area (Å²) in [6.45, 7) is 5.01. The first-order valence-electron chi connectivity index (χ1n) is 9.67. The Hall–Kier alpha value is -2.44. The van der Waals surface area contributed by atoms with Crippen molar-refractivity contribution in [1.82, 2.24) is 15.8 Å². The van der Waals surface area contributed by atoms with Crippen LogP contribution in [0.25, 0.3) is 0 Å². The van der Waals surface area contributed by atoms with Crippen molar-refractivity contribution < 1.29 is 4.79 Å². The molecule has 2 fully saturated rings.